The molecule has 0 bridgehead atoms. The van der Waals surface area contributed by atoms with Gasteiger partial charge >= 0.3 is 5.76 Å². The van der Waals surface area contributed by atoms with Crippen LogP contribution in [0.4, 0.5) is 13.9 Å². The van der Waals surface area contributed by atoms with Crippen LogP contribution in [0.2, 0.25) is 0 Å². The third-order valence-corrected chi connectivity index (χ3v) is 6.52. The summed E-state index contributed by atoms with van der Waals surface area (Å²) < 4.78 is 47.8. The molecule has 0 radical (unpaired) electrons. The van der Waals surface area contributed by atoms with E-state index in [4.69, 9.17) is 0 Å². The Bertz CT molecular complexity index is 893. The maximum absolute atomic E-state index is 12.5. The normalized spacial score (nSPS) is 17.4. The lowest BCUT2D eigenvalue weighted by molar-refractivity contribution is 0.102. The van der Waals surface area contributed by atoms with Crippen LogP contribution >= 0.6 is 11.3 Å². The van der Waals surface area contributed by atoms with E-state index in [1.165, 1.54) is 28.3 Å². The highest BCUT2D eigenvalue weighted by molar-refractivity contribution is 7.91. The van der Waals surface area contributed by atoms with E-state index in [9.17, 15) is 22.0 Å². The van der Waals surface area contributed by atoms with Gasteiger partial charge in [-0.15, -0.1) is 11.3 Å². The number of hydrogen-bond donors (Lipinski definition) is 1. The van der Waals surface area contributed by atoms with Crippen LogP contribution in [-0.2, 0) is 22.7 Å². The number of rotatable bonds is 4. The fraction of sp³-hybridized carbons (Fsp3) is 0.375. The SMILES string of the molecule is C[C@@H]1CCc2nc(NC(=O)c3ccc(S(=O)(=O)C(F)F)cc3)sc2C1. The molecule has 0 fully saturated rings. The molecule has 1 aromatic carbocycles. The van der Waals surface area contributed by atoms with Crippen LogP contribution in [0.1, 0.15) is 34.3 Å². The quantitative estimate of drug-likeness (QED) is 0.872. The number of nitrogens with one attached hydrogen (secondary N) is 1. The van der Waals surface area contributed by atoms with E-state index in [0.29, 0.717) is 11.0 Å². The molecule has 0 saturated carbocycles. The second-order valence-corrected chi connectivity index (χ2v) is 9.02. The molecule has 1 heterocycles. The van der Waals surface area contributed by atoms with Gasteiger partial charge in [-0.2, -0.15) is 8.78 Å². The summed E-state index contributed by atoms with van der Waals surface area (Å²) in [6.45, 7) is 2.18. The predicted octanol–water partition coefficient (Wildman–Crippen LogP) is 3.52. The van der Waals surface area contributed by atoms with Gasteiger partial charge in [-0.3, -0.25) is 10.1 Å². The number of hydrogen-bond acceptors (Lipinski definition) is 5. The number of anilines is 1. The van der Waals surface area contributed by atoms with Crippen molar-refractivity contribution in [3.05, 3.63) is 40.4 Å². The molecular formula is C16H16F2N2O3S2. The molecule has 9 heteroatoms. The number of sulfone groups is 1. The summed E-state index contributed by atoms with van der Waals surface area (Å²) in [5.74, 6) is -3.35. The zero-order valence-corrected chi connectivity index (χ0v) is 15.0. The lowest BCUT2D eigenvalue weighted by Crippen LogP contribution is -2.14. The van der Waals surface area contributed by atoms with Crippen molar-refractivity contribution in [2.75, 3.05) is 5.32 Å². The summed E-state index contributed by atoms with van der Waals surface area (Å²) in [5.41, 5.74) is 1.19. The average Bonchev–Trinajstić information content (AvgIpc) is 2.96. The zero-order chi connectivity index (χ0) is 18.2. The van der Waals surface area contributed by atoms with Crippen molar-refractivity contribution in [2.45, 2.75) is 36.8 Å². The Balaban J connectivity index is 1.74. The molecule has 0 saturated heterocycles. The Morgan fingerprint density at radius 1 is 1.32 bits per heavy atom. The molecule has 0 aliphatic heterocycles. The molecule has 5 nitrogen and oxygen atoms in total. The molecule has 1 amide bonds. The number of aromatic nitrogens is 1. The van der Waals surface area contributed by atoms with Gasteiger partial charge in [-0.1, -0.05) is 6.92 Å². The first-order valence-electron chi connectivity index (χ1n) is 7.69. The van der Waals surface area contributed by atoms with Gasteiger partial charge in [0.2, 0.25) is 9.84 Å². The van der Waals surface area contributed by atoms with Crippen LogP contribution in [0.3, 0.4) is 0 Å². The Morgan fingerprint density at radius 3 is 2.64 bits per heavy atom. The Kier molecular flexibility index (Phi) is 4.88. The number of nitrogens with zero attached hydrogens (tertiary/aromatic N) is 1. The van der Waals surface area contributed by atoms with Crippen molar-refractivity contribution < 1.29 is 22.0 Å². The highest BCUT2D eigenvalue weighted by atomic mass is 32.2. The summed E-state index contributed by atoms with van der Waals surface area (Å²) in [4.78, 5) is 17.3. The fourth-order valence-electron chi connectivity index (χ4n) is 2.66. The summed E-state index contributed by atoms with van der Waals surface area (Å²) in [6, 6.07) is 4.43. The molecule has 1 aliphatic carbocycles. The zero-order valence-electron chi connectivity index (χ0n) is 13.3. The average molecular weight is 386 g/mol. The number of fused-ring (bicyclic) bond motifs is 1. The van der Waals surface area contributed by atoms with Gasteiger partial charge in [-0.05, 0) is 49.4 Å². The third kappa shape index (κ3) is 3.72. The lowest BCUT2D eigenvalue weighted by Gasteiger charge is -2.15. The van der Waals surface area contributed by atoms with Crippen molar-refractivity contribution in [1.82, 2.24) is 4.98 Å². The van der Waals surface area contributed by atoms with Crippen LogP contribution in [0.15, 0.2) is 29.2 Å². The maximum Gasteiger partial charge on any atom is 0.341 e. The van der Waals surface area contributed by atoms with E-state index in [1.807, 2.05) is 0 Å². The van der Waals surface area contributed by atoms with E-state index >= 15 is 0 Å². The Morgan fingerprint density at radius 2 is 2.00 bits per heavy atom. The van der Waals surface area contributed by atoms with Gasteiger partial charge < -0.3 is 0 Å². The Labute approximate surface area is 148 Å². The van der Waals surface area contributed by atoms with Crippen LogP contribution in [0, 0.1) is 5.92 Å². The van der Waals surface area contributed by atoms with Crippen molar-refractivity contribution in [2.24, 2.45) is 5.92 Å². The van der Waals surface area contributed by atoms with Gasteiger partial charge in [0.1, 0.15) is 0 Å². The molecule has 1 N–H and O–H groups in total. The number of halogens is 2. The number of aryl methyl sites for hydroxylation is 1. The topological polar surface area (TPSA) is 76.1 Å². The second-order valence-electron chi connectivity index (χ2n) is 6.02. The smallest absolute Gasteiger partial charge is 0.298 e. The number of alkyl halides is 2. The Hall–Kier alpha value is -1.87. The van der Waals surface area contributed by atoms with Crippen molar-refractivity contribution in [3.8, 4) is 0 Å². The van der Waals surface area contributed by atoms with E-state index in [0.717, 1.165) is 37.1 Å². The maximum atomic E-state index is 12.5. The third-order valence-electron chi connectivity index (χ3n) is 4.09. The van der Waals surface area contributed by atoms with Gasteiger partial charge in [-0.25, -0.2) is 13.4 Å². The van der Waals surface area contributed by atoms with E-state index < -0.39 is 26.4 Å². The van der Waals surface area contributed by atoms with Gasteiger partial charge in [0.25, 0.3) is 5.91 Å². The van der Waals surface area contributed by atoms with E-state index in [2.05, 4.69) is 17.2 Å². The lowest BCUT2D eigenvalue weighted by atomic mass is 9.93. The second kappa shape index (κ2) is 6.80. The predicted molar refractivity (Wildman–Crippen MR) is 90.9 cm³/mol. The first-order chi connectivity index (χ1) is 11.8. The van der Waals surface area contributed by atoms with Gasteiger partial charge in [0, 0.05) is 10.4 Å². The van der Waals surface area contributed by atoms with Gasteiger partial charge in [0.05, 0.1) is 10.6 Å². The first-order valence-corrected chi connectivity index (χ1v) is 10.1. The fourth-order valence-corrected chi connectivity index (χ4v) is 4.55. The molecule has 25 heavy (non-hydrogen) atoms. The van der Waals surface area contributed by atoms with Crippen molar-refractivity contribution in [3.63, 3.8) is 0 Å². The molecule has 0 spiro atoms. The van der Waals surface area contributed by atoms with Crippen LogP contribution < -0.4 is 5.32 Å². The molecule has 1 aromatic heterocycles. The standard InChI is InChI=1S/C16H16F2N2O3S2/c1-9-2-7-12-13(8-9)24-16(19-12)20-14(21)10-3-5-11(6-4-10)25(22,23)15(17)18/h3-6,9,15H,2,7-8H2,1H3,(H,19,20,21)/t9-/m1/s1. The number of carbonyl (C=O) groups is 1. The molecule has 2 aromatic rings. The van der Waals surface area contributed by atoms with Crippen LogP contribution in [0.25, 0.3) is 0 Å². The summed E-state index contributed by atoms with van der Waals surface area (Å²) in [5, 5.41) is 3.18. The summed E-state index contributed by atoms with van der Waals surface area (Å²) in [7, 11) is -4.66. The molecule has 0 unspecified atom stereocenters. The number of carbonyl (C=O) groups excluding carboxylic acids is 1. The highest BCUT2D eigenvalue weighted by Crippen LogP contribution is 2.32. The molecule has 1 atom stereocenters. The number of amides is 1. The monoisotopic (exact) mass is 386 g/mol. The van der Waals surface area contributed by atoms with Gasteiger partial charge in [0.15, 0.2) is 5.13 Å². The van der Waals surface area contributed by atoms with E-state index in [-0.39, 0.29) is 5.56 Å². The summed E-state index contributed by atoms with van der Waals surface area (Å²) >= 11 is 1.44. The van der Waals surface area contributed by atoms with Crippen molar-refractivity contribution >= 4 is 32.2 Å². The molecule has 134 valence electrons. The summed E-state index contributed by atoms with van der Waals surface area (Å²) in [6.07, 6.45) is 2.91. The van der Waals surface area contributed by atoms with Crippen LogP contribution in [-0.4, -0.2) is 25.1 Å². The minimum absolute atomic E-state index is 0.176. The minimum atomic E-state index is -4.66. The minimum Gasteiger partial charge on any atom is -0.298 e. The largest absolute Gasteiger partial charge is 0.341 e. The number of benzene rings is 1. The van der Waals surface area contributed by atoms with Crippen LogP contribution in [0.5, 0.6) is 0 Å². The molecule has 1 aliphatic rings. The number of thiazole rings is 1. The van der Waals surface area contributed by atoms with E-state index in [1.54, 1.807) is 0 Å². The molecular weight excluding hydrogens is 370 g/mol. The highest BCUT2D eigenvalue weighted by Gasteiger charge is 2.26. The first kappa shape index (κ1) is 17.9. The van der Waals surface area contributed by atoms with Crippen molar-refractivity contribution in [1.29, 1.82) is 0 Å². The molecule has 3 rings (SSSR count).